The van der Waals surface area contributed by atoms with Gasteiger partial charge in [-0.25, -0.2) is 18.6 Å². The number of anilines is 1. The maximum Gasteiger partial charge on any atom is 0.415 e. The van der Waals surface area contributed by atoms with Gasteiger partial charge in [-0.15, -0.1) is 0 Å². The average Bonchev–Trinajstić information content (AvgIpc) is 3.65. The van der Waals surface area contributed by atoms with E-state index < -0.39 is 24.7 Å². The first kappa shape index (κ1) is 29.8. The van der Waals surface area contributed by atoms with Crippen molar-refractivity contribution in [2.75, 3.05) is 18.6 Å². The molecule has 1 N–H and O–H groups in total. The van der Waals surface area contributed by atoms with Gasteiger partial charge in [-0.1, -0.05) is 6.07 Å². The van der Waals surface area contributed by atoms with Crippen molar-refractivity contribution >= 4 is 23.3 Å². The van der Waals surface area contributed by atoms with Crippen LogP contribution in [-0.2, 0) is 4.74 Å². The maximum absolute atomic E-state index is 13.8. The fourth-order valence-corrected chi connectivity index (χ4v) is 4.59. The van der Waals surface area contributed by atoms with Crippen molar-refractivity contribution in [1.29, 1.82) is 0 Å². The largest absolute Gasteiger partial charge is 0.497 e. The van der Waals surface area contributed by atoms with Gasteiger partial charge in [0.25, 0.3) is 12.3 Å². The predicted octanol–water partition coefficient (Wildman–Crippen LogP) is 7.01. The summed E-state index contributed by atoms with van der Waals surface area (Å²) in [7, 11) is 1.55. The van der Waals surface area contributed by atoms with Crippen LogP contribution in [0.15, 0.2) is 60.9 Å². The molecule has 2 amide bonds. The molecule has 9 nitrogen and oxygen atoms in total. The SMILES string of the molecule is COc1ccc(Oc2cc(N(CC(F)F)C(=O)OC(C)(C)C)c3ncc(-c4ccc(C(=O)NC5CC5)c(C)c4)n3c2)cc1. The summed E-state index contributed by atoms with van der Waals surface area (Å²) in [5.41, 5.74) is 2.09. The van der Waals surface area contributed by atoms with Gasteiger partial charge in [0.1, 0.15) is 22.8 Å². The number of pyridine rings is 1. The third kappa shape index (κ3) is 7.04. The lowest BCUT2D eigenvalue weighted by molar-refractivity contribution is 0.0543. The van der Waals surface area contributed by atoms with Gasteiger partial charge in [0.2, 0.25) is 0 Å². The first-order valence-electron chi connectivity index (χ1n) is 14.0. The first-order chi connectivity index (χ1) is 20.4. The number of imidazole rings is 1. The van der Waals surface area contributed by atoms with E-state index in [9.17, 15) is 18.4 Å². The molecule has 2 heterocycles. The molecule has 226 valence electrons. The van der Waals surface area contributed by atoms with Gasteiger partial charge in [0, 0.05) is 23.2 Å². The van der Waals surface area contributed by atoms with Crippen LogP contribution in [0.5, 0.6) is 17.2 Å². The number of nitrogens with zero attached hydrogens (tertiary/aromatic N) is 3. The van der Waals surface area contributed by atoms with Gasteiger partial charge in [0.05, 0.1) is 37.4 Å². The normalized spacial score (nSPS) is 13.2. The lowest BCUT2D eigenvalue weighted by atomic mass is 10.0. The molecule has 0 unspecified atom stereocenters. The molecule has 1 aliphatic carbocycles. The van der Waals surface area contributed by atoms with Crippen LogP contribution in [0.4, 0.5) is 19.3 Å². The van der Waals surface area contributed by atoms with Crippen LogP contribution in [0.3, 0.4) is 0 Å². The quantitative estimate of drug-likeness (QED) is 0.225. The topological polar surface area (TPSA) is 94.4 Å². The van der Waals surface area contributed by atoms with E-state index in [4.69, 9.17) is 14.2 Å². The Morgan fingerprint density at radius 3 is 2.37 bits per heavy atom. The molecule has 11 heteroatoms. The molecule has 0 atom stereocenters. The van der Waals surface area contributed by atoms with Crippen molar-refractivity contribution in [3.8, 4) is 28.5 Å². The molecule has 1 fully saturated rings. The van der Waals surface area contributed by atoms with Crippen LogP contribution in [0.2, 0.25) is 0 Å². The highest BCUT2D eigenvalue weighted by Gasteiger charge is 2.29. The zero-order valence-electron chi connectivity index (χ0n) is 24.7. The van der Waals surface area contributed by atoms with Crippen molar-refractivity contribution in [3.63, 3.8) is 0 Å². The number of nitrogens with one attached hydrogen (secondary N) is 1. The number of benzene rings is 2. The number of alkyl halides is 2. The van der Waals surface area contributed by atoms with Gasteiger partial charge < -0.3 is 19.5 Å². The van der Waals surface area contributed by atoms with E-state index in [1.807, 2.05) is 13.0 Å². The zero-order chi connectivity index (χ0) is 30.9. The molecule has 0 saturated heterocycles. The van der Waals surface area contributed by atoms with E-state index in [1.165, 1.54) is 6.07 Å². The summed E-state index contributed by atoms with van der Waals surface area (Å²) in [6, 6.07) is 14.0. The Morgan fingerprint density at radius 1 is 1.07 bits per heavy atom. The van der Waals surface area contributed by atoms with E-state index in [1.54, 1.807) is 81.1 Å². The number of rotatable bonds is 9. The van der Waals surface area contributed by atoms with E-state index in [-0.39, 0.29) is 29.0 Å². The van der Waals surface area contributed by atoms with Crippen molar-refractivity contribution in [2.24, 2.45) is 0 Å². The van der Waals surface area contributed by atoms with Gasteiger partial charge in [0.15, 0.2) is 5.65 Å². The second-order valence-electron chi connectivity index (χ2n) is 11.4. The second-order valence-corrected chi connectivity index (χ2v) is 11.4. The van der Waals surface area contributed by atoms with Crippen molar-refractivity contribution < 1.29 is 32.6 Å². The number of amides is 2. The highest BCUT2D eigenvalue weighted by atomic mass is 19.3. The smallest absolute Gasteiger partial charge is 0.415 e. The number of methoxy groups -OCH3 is 1. The van der Waals surface area contributed by atoms with Gasteiger partial charge in [-0.3, -0.25) is 14.1 Å². The number of ether oxygens (including phenoxy) is 3. The van der Waals surface area contributed by atoms with Gasteiger partial charge in [-0.2, -0.15) is 0 Å². The Bertz CT molecular complexity index is 1640. The minimum atomic E-state index is -2.84. The lowest BCUT2D eigenvalue weighted by Crippen LogP contribution is -2.40. The highest BCUT2D eigenvalue weighted by Crippen LogP contribution is 2.35. The summed E-state index contributed by atoms with van der Waals surface area (Å²) in [6.45, 7) is 5.92. The standard InChI is InChI=1S/C32H34F2N4O5/c1-19-14-20(6-13-25(19)30(39)36-21-7-8-21)27-16-35-29-26(38(18-28(33)34)31(40)43-32(2,3)4)15-24(17-37(27)29)42-23-11-9-22(41-5)10-12-23/h6,9-17,21,28H,7-8,18H2,1-5H3,(H,36,39). The second kappa shape index (κ2) is 11.9. The molecule has 1 aliphatic rings. The minimum Gasteiger partial charge on any atom is -0.497 e. The number of hydrogen-bond donors (Lipinski definition) is 1. The summed E-state index contributed by atoms with van der Waals surface area (Å²) in [5, 5.41) is 3.00. The van der Waals surface area contributed by atoms with Crippen molar-refractivity contribution in [1.82, 2.24) is 14.7 Å². The Morgan fingerprint density at radius 2 is 1.77 bits per heavy atom. The summed E-state index contributed by atoms with van der Waals surface area (Å²) >= 11 is 0. The number of hydrogen-bond acceptors (Lipinski definition) is 6. The molecule has 2 aromatic carbocycles. The van der Waals surface area contributed by atoms with E-state index in [0.29, 0.717) is 22.8 Å². The average molecular weight is 593 g/mol. The van der Waals surface area contributed by atoms with Crippen LogP contribution in [0.25, 0.3) is 16.9 Å². The number of halogens is 2. The van der Waals surface area contributed by atoms with Crippen LogP contribution < -0.4 is 19.7 Å². The number of fused-ring (bicyclic) bond motifs is 1. The number of carbonyl (C=O) groups excluding carboxylic acids is 2. The lowest BCUT2D eigenvalue weighted by Gasteiger charge is -2.27. The molecule has 0 bridgehead atoms. The third-order valence-electron chi connectivity index (χ3n) is 6.76. The van der Waals surface area contributed by atoms with Crippen LogP contribution in [-0.4, -0.2) is 53.1 Å². The minimum absolute atomic E-state index is 0.0870. The van der Waals surface area contributed by atoms with Crippen molar-refractivity contribution in [3.05, 3.63) is 72.1 Å². The van der Waals surface area contributed by atoms with Crippen LogP contribution in [0.1, 0.15) is 49.5 Å². The van der Waals surface area contributed by atoms with Gasteiger partial charge >= 0.3 is 6.09 Å². The molecular weight excluding hydrogens is 558 g/mol. The summed E-state index contributed by atoms with van der Waals surface area (Å²) < 4.78 is 46.2. The Balaban J connectivity index is 1.61. The molecule has 0 spiro atoms. The van der Waals surface area contributed by atoms with E-state index in [2.05, 4.69) is 10.3 Å². The number of aromatic nitrogens is 2. The van der Waals surface area contributed by atoms with E-state index >= 15 is 0 Å². The highest BCUT2D eigenvalue weighted by molar-refractivity contribution is 5.97. The Hall–Kier alpha value is -4.67. The summed E-state index contributed by atoms with van der Waals surface area (Å²) in [6.07, 6.45) is 1.45. The first-order valence-corrected chi connectivity index (χ1v) is 14.0. The molecule has 1 saturated carbocycles. The van der Waals surface area contributed by atoms with Crippen LogP contribution in [0, 0.1) is 6.92 Å². The molecule has 4 aromatic rings. The predicted molar refractivity (Wildman–Crippen MR) is 159 cm³/mol. The fourth-order valence-electron chi connectivity index (χ4n) is 4.59. The summed E-state index contributed by atoms with van der Waals surface area (Å²) in [5.74, 6) is 1.25. The van der Waals surface area contributed by atoms with E-state index in [0.717, 1.165) is 28.9 Å². The third-order valence-corrected chi connectivity index (χ3v) is 6.76. The molecule has 0 aliphatic heterocycles. The molecule has 43 heavy (non-hydrogen) atoms. The van der Waals surface area contributed by atoms with Gasteiger partial charge in [-0.05, 0) is 82.5 Å². The van der Waals surface area contributed by atoms with Crippen LogP contribution >= 0.6 is 0 Å². The molecule has 5 rings (SSSR count). The summed E-state index contributed by atoms with van der Waals surface area (Å²) in [4.78, 5) is 31.3. The monoisotopic (exact) mass is 592 g/mol. The zero-order valence-corrected chi connectivity index (χ0v) is 24.7. The molecule has 0 radical (unpaired) electrons. The fraction of sp³-hybridized carbons (Fsp3) is 0.344. The molecular formula is C32H34F2N4O5. The Kier molecular flexibility index (Phi) is 8.25. The Labute approximate surface area is 248 Å². The molecule has 2 aromatic heterocycles. The number of carbonyl (C=O) groups is 2. The maximum atomic E-state index is 13.8. The van der Waals surface area contributed by atoms with Crippen molar-refractivity contribution in [2.45, 2.75) is 58.6 Å². The number of aryl methyl sites for hydroxylation is 1.